The molecule has 0 saturated carbocycles. The third-order valence-electron chi connectivity index (χ3n) is 3.73. The molecule has 2 N–H and O–H groups in total. The van der Waals surface area contributed by atoms with E-state index >= 15 is 0 Å². The van der Waals surface area contributed by atoms with Gasteiger partial charge in [0.1, 0.15) is 11.6 Å². The van der Waals surface area contributed by atoms with Gasteiger partial charge < -0.3 is 5.32 Å². The van der Waals surface area contributed by atoms with E-state index in [2.05, 4.69) is 0 Å². The Balaban J connectivity index is 2.38. The number of hydrogen-bond donors (Lipinski definition) is 2. The molecule has 0 radical (unpaired) electrons. The summed E-state index contributed by atoms with van der Waals surface area (Å²) in [5.74, 6) is -3.28. The molecule has 0 heterocycles. The van der Waals surface area contributed by atoms with Crippen LogP contribution in [-0.4, -0.2) is 23.9 Å². The van der Waals surface area contributed by atoms with Gasteiger partial charge in [-0.25, -0.2) is 8.78 Å². The molecule has 1 amide bonds. The third-order valence-corrected chi connectivity index (χ3v) is 3.73. The van der Waals surface area contributed by atoms with Crippen molar-refractivity contribution in [3.05, 3.63) is 71.3 Å². The van der Waals surface area contributed by atoms with Crippen LogP contribution in [0.15, 0.2) is 48.5 Å². The Hall–Kier alpha value is -2.69. The van der Waals surface area contributed by atoms with Crippen molar-refractivity contribution in [2.45, 2.75) is 24.6 Å². The standard InChI is InChI=1S/C17H12F8N2O/c18-12-5-1-10(2-6-12)9-26-15(16(20,21)22,17(23,24)25)27-14(28)11-3-7-13(19)8-4-11/h1-8,26H,9H2,(H,27,28). The first kappa shape index (κ1) is 21.6. The van der Waals surface area contributed by atoms with Gasteiger partial charge in [-0.15, -0.1) is 0 Å². The lowest BCUT2D eigenvalue weighted by Gasteiger charge is -2.38. The Bertz CT molecular complexity index is 799. The summed E-state index contributed by atoms with van der Waals surface area (Å²) in [6.07, 6.45) is -12.0. The number of carbonyl (C=O) groups is 1. The average Bonchev–Trinajstić information content (AvgIpc) is 2.58. The molecule has 28 heavy (non-hydrogen) atoms. The largest absolute Gasteiger partial charge is 0.434 e. The number of amides is 1. The maximum absolute atomic E-state index is 13.5. The molecule has 0 aliphatic heterocycles. The Kier molecular flexibility index (Phi) is 5.97. The van der Waals surface area contributed by atoms with Gasteiger partial charge in [0, 0.05) is 12.1 Å². The van der Waals surface area contributed by atoms with Gasteiger partial charge in [-0.2, -0.15) is 26.3 Å². The summed E-state index contributed by atoms with van der Waals surface area (Å²) in [5.41, 5.74) is -5.49. The van der Waals surface area contributed by atoms with Gasteiger partial charge in [0.2, 0.25) is 0 Å². The molecule has 2 aromatic carbocycles. The Morgan fingerprint density at radius 1 is 0.750 bits per heavy atom. The minimum absolute atomic E-state index is 0.0877. The van der Waals surface area contributed by atoms with Gasteiger partial charge in [-0.3, -0.25) is 10.1 Å². The van der Waals surface area contributed by atoms with E-state index in [-0.39, 0.29) is 5.56 Å². The molecule has 152 valence electrons. The molecule has 0 aromatic heterocycles. The number of halogens is 8. The van der Waals surface area contributed by atoms with Crippen molar-refractivity contribution < 1.29 is 39.9 Å². The monoisotopic (exact) mass is 412 g/mol. The van der Waals surface area contributed by atoms with Crippen LogP contribution in [0.2, 0.25) is 0 Å². The van der Waals surface area contributed by atoms with Crippen LogP contribution < -0.4 is 10.6 Å². The molecule has 0 unspecified atom stereocenters. The van der Waals surface area contributed by atoms with E-state index in [0.717, 1.165) is 41.7 Å². The second kappa shape index (κ2) is 7.74. The summed E-state index contributed by atoms with van der Waals surface area (Å²) in [5, 5.41) is 2.21. The first-order chi connectivity index (χ1) is 12.9. The van der Waals surface area contributed by atoms with Crippen molar-refractivity contribution in [1.29, 1.82) is 0 Å². The topological polar surface area (TPSA) is 41.1 Å². The van der Waals surface area contributed by atoms with Gasteiger partial charge in [0.25, 0.3) is 11.6 Å². The fourth-order valence-corrected chi connectivity index (χ4v) is 2.23. The molecule has 2 rings (SSSR count). The molecule has 3 nitrogen and oxygen atoms in total. The normalized spacial score (nSPS) is 12.7. The fourth-order valence-electron chi connectivity index (χ4n) is 2.23. The molecule has 2 aromatic rings. The Morgan fingerprint density at radius 3 is 1.61 bits per heavy atom. The van der Waals surface area contributed by atoms with Gasteiger partial charge in [0.05, 0.1) is 0 Å². The SMILES string of the molecule is O=C(NC(NCc1ccc(F)cc1)(C(F)(F)F)C(F)(F)F)c1ccc(F)cc1. The molecule has 0 atom stereocenters. The van der Waals surface area contributed by atoms with E-state index in [0.29, 0.717) is 12.1 Å². The highest BCUT2D eigenvalue weighted by molar-refractivity contribution is 5.94. The zero-order valence-electron chi connectivity index (χ0n) is 13.8. The van der Waals surface area contributed by atoms with Crippen LogP contribution in [0.3, 0.4) is 0 Å². The highest BCUT2D eigenvalue weighted by atomic mass is 19.4. The summed E-state index contributed by atoms with van der Waals surface area (Å²) in [7, 11) is 0. The van der Waals surface area contributed by atoms with Crippen LogP contribution >= 0.6 is 0 Å². The van der Waals surface area contributed by atoms with Crippen LogP contribution in [0, 0.1) is 11.6 Å². The maximum atomic E-state index is 13.5. The molecule has 0 aliphatic carbocycles. The minimum Gasteiger partial charge on any atom is -0.319 e. The Morgan fingerprint density at radius 2 is 1.18 bits per heavy atom. The fraction of sp³-hybridized carbons (Fsp3) is 0.235. The van der Waals surface area contributed by atoms with Crippen molar-refractivity contribution >= 4 is 5.91 Å². The lowest BCUT2D eigenvalue weighted by Crippen LogP contribution is -2.75. The van der Waals surface area contributed by atoms with Crippen LogP contribution in [0.1, 0.15) is 15.9 Å². The first-order valence-corrected chi connectivity index (χ1v) is 7.57. The van der Waals surface area contributed by atoms with Crippen molar-refractivity contribution in [1.82, 2.24) is 10.6 Å². The summed E-state index contributed by atoms with van der Waals surface area (Å²) in [6, 6.07) is 6.59. The zero-order chi connectivity index (χ0) is 21.2. The van der Waals surface area contributed by atoms with Crippen molar-refractivity contribution in [3.63, 3.8) is 0 Å². The van der Waals surface area contributed by atoms with Gasteiger partial charge in [-0.05, 0) is 42.0 Å². The highest BCUT2D eigenvalue weighted by Gasteiger charge is 2.72. The number of rotatable bonds is 5. The number of alkyl halides is 6. The van der Waals surface area contributed by atoms with Crippen LogP contribution in [0.25, 0.3) is 0 Å². The number of benzene rings is 2. The van der Waals surface area contributed by atoms with Crippen LogP contribution in [0.4, 0.5) is 35.1 Å². The van der Waals surface area contributed by atoms with E-state index in [1.807, 2.05) is 0 Å². The predicted molar refractivity (Wildman–Crippen MR) is 81.9 cm³/mol. The lowest BCUT2D eigenvalue weighted by molar-refractivity contribution is -0.314. The van der Waals surface area contributed by atoms with Crippen molar-refractivity contribution in [2.24, 2.45) is 0 Å². The van der Waals surface area contributed by atoms with E-state index < -0.39 is 47.7 Å². The number of nitrogens with one attached hydrogen (secondary N) is 2. The molecule has 0 fully saturated rings. The molecule has 0 bridgehead atoms. The second-order valence-corrected chi connectivity index (χ2v) is 5.69. The summed E-state index contributed by atoms with van der Waals surface area (Å²) < 4.78 is 107. The summed E-state index contributed by atoms with van der Waals surface area (Å²) in [4.78, 5) is 12.0. The zero-order valence-corrected chi connectivity index (χ0v) is 13.8. The highest BCUT2D eigenvalue weighted by Crippen LogP contribution is 2.41. The number of hydrogen-bond acceptors (Lipinski definition) is 2. The van der Waals surface area contributed by atoms with Gasteiger partial charge in [-0.1, -0.05) is 12.1 Å². The minimum atomic E-state index is -5.99. The molecule has 0 saturated heterocycles. The van der Waals surface area contributed by atoms with E-state index in [9.17, 15) is 39.9 Å². The molecular formula is C17H12F8N2O. The van der Waals surface area contributed by atoms with E-state index in [1.165, 1.54) is 5.32 Å². The van der Waals surface area contributed by atoms with E-state index in [4.69, 9.17) is 0 Å². The first-order valence-electron chi connectivity index (χ1n) is 7.57. The van der Waals surface area contributed by atoms with Crippen LogP contribution in [0.5, 0.6) is 0 Å². The Labute approximate surface area is 153 Å². The summed E-state index contributed by atoms with van der Waals surface area (Å²) in [6.45, 7) is -0.983. The molecule has 0 aliphatic rings. The maximum Gasteiger partial charge on any atom is 0.434 e. The smallest absolute Gasteiger partial charge is 0.319 e. The lowest BCUT2D eigenvalue weighted by atomic mass is 10.1. The van der Waals surface area contributed by atoms with Crippen LogP contribution in [-0.2, 0) is 6.54 Å². The van der Waals surface area contributed by atoms with Crippen molar-refractivity contribution in [2.75, 3.05) is 0 Å². The molecule has 11 heteroatoms. The van der Waals surface area contributed by atoms with Crippen molar-refractivity contribution in [3.8, 4) is 0 Å². The molecular weight excluding hydrogens is 400 g/mol. The summed E-state index contributed by atoms with van der Waals surface area (Å²) >= 11 is 0. The molecule has 0 spiro atoms. The van der Waals surface area contributed by atoms with Gasteiger partial charge in [0.15, 0.2) is 0 Å². The predicted octanol–water partition coefficient (Wildman–Crippen LogP) is 4.31. The average molecular weight is 412 g/mol. The van der Waals surface area contributed by atoms with Gasteiger partial charge >= 0.3 is 12.4 Å². The second-order valence-electron chi connectivity index (χ2n) is 5.69. The number of carbonyl (C=O) groups excluding carboxylic acids is 1. The van der Waals surface area contributed by atoms with E-state index in [1.54, 1.807) is 0 Å². The quantitative estimate of drug-likeness (QED) is 0.568. The third kappa shape index (κ3) is 4.58.